The van der Waals surface area contributed by atoms with Crippen LogP contribution in [0.25, 0.3) is 0 Å². The molecule has 0 aromatic heterocycles. The lowest BCUT2D eigenvalue weighted by Gasteiger charge is -2.04. The molecule has 2 N–H and O–H groups in total. The van der Waals surface area contributed by atoms with E-state index in [9.17, 15) is 4.79 Å². The van der Waals surface area contributed by atoms with Gasteiger partial charge in [-0.15, -0.1) is 6.58 Å². The third-order valence-corrected chi connectivity index (χ3v) is 1.22. The zero-order valence-electron chi connectivity index (χ0n) is 7.43. The summed E-state index contributed by atoms with van der Waals surface area (Å²) in [6, 6.07) is -0.161. The predicted octanol–water partition coefficient (Wildman–Crippen LogP) is 0.508. The van der Waals surface area contributed by atoms with Crippen molar-refractivity contribution in [2.24, 2.45) is 0 Å². The summed E-state index contributed by atoms with van der Waals surface area (Å²) < 4.78 is 4.82. The van der Waals surface area contributed by atoms with Crippen LogP contribution < -0.4 is 10.6 Å². The summed E-state index contributed by atoms with van der Waals surface area (Å²) in [4.78, 5) is 10.9. The van der Waals surface area contributed by atoms with E-state index in [1.54, 1.807) is 13.2 Å². The molecule has 4 nitrogen and oxygen atoms in total. The summed E-state index contributed by atoms with van der Waals surface area (Å²) in [5.41, 5.74) is 0. The van der Waals surface area contributed by atoms with Crippen LogP contribution in [-0.2, 0) is 4.74 Å². The molecule has 0 saturated heterocycles. The van der Waals surface area contributed by atoms with Crippen LogP contribution in [0.5, 0.6) is 0 Å². The first-order valence-electron chi connectivity index (χ1n) is 3.92. The number of methoxy groups -OCH3 is 1. The average Bonchev–Trinajstić information content (AvgIpc) is 2.09. The molecular formula is C8H16N2O2. The van der Waals surface area contributed by atoms with Crippen molar-refractivity contribution in [3.8, 4) is 0 Å². The molecule has 0 fully saturated rings. The molecule has 0 bridgehead atoms. The van der Waals surface area contributed by atoms with E-state index in [0.717, 1.165) is 6.42 Å². The second-order valence-corrected chi connectivity index (χ2v) is 2.27. The zero-order valence-corrected chi connectivity index (χ0v) is 7.43. The minimum atomic E-state index is -0.161. The fourth-order valence-electron chi connectivity index (χ4n) is 0.646. The minimum absolute atomic E-state index is 0.161. The van der Waals surface area contributed by atoms with Gasteiger partial charge in [-0.25, -0.2) is 4.79 Å². The van der Waals surface area contributed by atoms with E-state index in [1.165, 1.54) is 0 Å². The molecule has 0 spiro atoms. The van der Waals surface area contributed by atoms with E-state index < -0.39 is 0 Å². The maximum absolute atomic E-state index is 10.9. The lowest BCUT2D eigenvalue weighted by atomic mass is 10.4. The van der Waals surface area contributed by atoms with Gasteiger partial charge in [0.25, 0.3) is 0 Å². The number of nitrogens with one attached hydrogen (secondary N) is 2. The van der Waals surface area contributed by atoms with E-state index in [4.69, 9.17) is 4.74 Å². The van der Waals surface area contributed by atoms with Gasteiger partial charge in [0.2, 0.25) is 0 Å². The van der Waals surface area contributed by atoms with Crippen LogP contribution in [0.4, 0.5) is 4.79 Å². The van der Waals surface area contributed by atoms with Crippen molar-refractivity contribution < 1.29 is 9.53 Å². The van der Waals surface area contributed by atoms with Crippen LogP contribution in [0, 0.1) is 0 Å². The fourth-order valence-corrected chi connectivity index (χ4v) is 0.646. The molecule has 0 aliphatic rings. The lowest BCUT2D eigenvalue weighted by molar-refractivity contribution is 0.193. The number of urea groups is 1. The standard InChI is InChI=1S/C8H16N2O2/c1-3-5-9-8(11)10-6-4-7-12-2/h3H,1,4-7H2,2H3,(H2,9,10,11). The van der Waals surface area contributed by atoms with Crippen molar-refractivity contribution in [3.63, 3.8) is 0 Å². The molecule has 0 heterocycles. The predicted molar refractivity (Wildman–Crippen MR) is 48.1 cm³/mol. The number of carbonyl (C=O) groups is 1. The normalized spacial score (nSPS) is 9.08. The first-order valence-corrected chi connectivity index (χ1v) is 3.92. The molecule has 0 radical (unpaired) electrons. The van der Waals surface area contributed by atoms with Crippen LogP contribution in [0.15, 0.2) is 12.7 Å². The molecule has 0 rings (SSSR count). The maximum Gasteiger partial charge on any atom is 0.315 e. The summed E-state index contributed by atoms with van der Waals surface area (Å²) in [6.07, 6.45) is 2.47. The van der Waals surface area contributed by atoms with E-state index in [0.29, 0.717) is 19.7 Å². The second-order valence-electron chi connectivity index (χ2n) is 2.27. The topological polar surface area (TPSA) is 50.4 Å². The molecule has 0 unspecified atom stereocenters. The zero-order chi connectivity index (χ0) is 9.23. The third kappa shape index (κ3) is 7.08. The van der Waals surface area contributed by atoms with Crippen molar-refractivity contribution in [1.29, 1.82) is 0 Å². The van der Waals surface area contributed by atoms with Gasteiger partial charge in [-0.1, -0.05) is 6.08 Å². The first kappa shape index (κ1) is 11.0. The Labute approximate surface area is 73.0 Å². The Bertz CT molecular complexity index is 137. The number of amides is 2. The number of rotatable bonds is 6. The Kier molecular flexibility index (Phi) is 7.38. The van der Waals surface area contributed by atoms with Gasteiger partial charge in [-0.3, -0.25) is 0 Å². The fraction of sp³-hybridized carbons (Fsp3) is 0.625. The lowest BCUT2D eigenvalue weighted by Crippen LogP contribution is -2.36. The number of ether oxygens (including phenoxy) is 1. The summed E-state index contributed by atoms with van der Waals surface area (Å²) >= 11 is 0. The molecule has 0 aliphatic heterocycles. The van der Waals surface area contributed by atoms with Crippen LogP contribution in [0.1, 0.15) is 6.42 Å². The van der Waals surface area contributed by atoms with Crippen LogP contribution >= 0.6 is 0 Å². The molecule has 0 saturated carbocycles. The Morgan fingerprint density at radius 3 is 2.92 bits per heavy atom. The van der Waals surface area contributed by atoms with Crippen LogP contribution in [0.3, 0.4) is 0 Å². The van der Waals surface area contributed by atoms with Gasteiger partial charge >= 0.3 is 6.03 Å². The molecule has 4 heteroatoms. The monoisotopic (exact) mass is 172 g/mol. The summed E-state index contributed by atoms with van der Waals surface area (Å²) in [5.74, 6) is 0. The van der Waals surface area contributed by atoms with E-state index in [2.05, 4.69) is 17.2 Å². The largest absolute Gasteiger partial charge is 0.385 e. The quantitative estimate of drug-likeness (QED) is 0.453. The van der Waals surface area contributed by atoms with Crippen LogP contribution in [0.2, 0.25) is 0 Å². The van der Waals surface area contributed by atoms with Crippen molar-refractivity contribution in [2.75, 3.05) is 26.8 Å². The van der Waals surface area contributed by atoms with Crippen molar-refractivity contribution in [3.05, 3.63) is 12.7 Å². The van der Waals surface area contributed by atoms with Gasteiger partial charge in [0.1, 0.15) is 0 Å². The number of hydrogen-bond donors (Lipinski definition) is 2. The van der Waals surface area contributed by atoms with Gasteiger partial charge in [0.15, 0.2) is 0 Å². The molecule has 0 aromatic rings. The molecule has 0 aromatic carbocycles. The van der Waals surface area contributed by atoms with Gasteiger partial charge in [-0.2, -0.15) is 0 Å². The molecular weight excluding hydrogens is 156 g/mol. The van der Waals surface area contributed by atoms with Crippen molar-refractivity contribution in [2.45, 2.75) is 6.42 Å². The maximum atomic E-state index is 10.9. The average molecular weight is 172 g/mol. The van der Waals surface area contributed by atoms with Gasteiger partial charge in [-0.05, 0) is 6.42 Å². The van der Waals surface area contributed by atoms with E-state index in [-0.39, 0.29) is 6.03 Å². The highest BCUT2D eigenvalue weighted by Gasteiger charge is 1.94. The smallest absolute Gasteiger partial charge is 0.315 e. The number of hydrogen-bond acceptors (Lipinski definition) is 2. The van der Waals surface area contributed by atoms with Crippen molar-refractivity contribution in [1.82, 2.24) is 10.6 Å². The molecule has 0 aliphatic carbocycles. The minimum Gasteiger partial charge on any atom is -0.385 e. The molecule has 12 heavy (non-hydrogen) atoms. The Morgan fingerprint density at radius 1 is 1.58 bits per heavy atom. The Hall–Kier alpha value is -1.03. The summed E-state index contributed by atoms with van der Waals surface area (Å²) in [7, 11) is 1.64. The first-order chi connectivity index (χ1) is 5.81. The Morgan fingerprint density at radius 2 is 2.33 bits per heavy atom. The molecule has 2 amide bonds. The SMILES string of the molecule is C=CCNC(=O)NCCCOC. The summed E-state index contributed by atoms with van der Waals surface area (Å²) in [5, 5.41) is 5.27. The van der Waals surface area contributed by atoms with E-state index >= 15 is 0 Å². The van der Waals surface area contributed by atoms with E-state index in [1.807, 2.05) is 0 Å². The molecule has 70 valence electrons. The van der Waals surface area contributed by atoms with Crippen molar-refractivity contribution >= 4 is 6.03 Å². The Balaban J connectivity index is 3.13. The number of carbonyl (C=O) groups excluding carboxylic acids is 1. The molecule has 0 atom stereocenters. The van der Waals surface area contributed by atoms with Gasteiger partial charge in [0, 0.05) is 26.8 Å². The highest BCUT2D eigenvalue weighted by atomic mass is 16.5. The third-order valence-electron chi connectivity index (χ3n) is 1.22. The highest BCUT2D eigenvalue weighted by molar-refractivity contribution is 5.73. The van der Waals surface area contributed by atoms with Gasteiger partial charge in [0.05, 0.1) is 0 Å². The van der Waals surface area contributed by atoms with Gasteiger partial charge < -0.3 is 15.4 Å². The summed E-state index contributed by atoms with van der Waals surface area (Å²) in [6.45, 7) is 5.28. The highest BCUT2D eigenvalue weighted by Crippen LogP contribution is 1.76. The second kappa shape index (κ2) is 8.07. The van der Waals surface area contributed by atoms with Crippen LogP contribution in [-0.4, -0.2) is 32.8 Å².